The Morgan fingerprint density at radius 2 is 2.05 bits per heavy atom. The van der Waals surface area contributed by atoms with Gasteiger partial charge in [0.25, 0.3) is 0 Å². The van der Waals surface area contributed by atoms with Crippen LogP contribution in [0.4, 0.5) is 0 Å². The van der Waals surface area contributed by atoms with Crippen molar-refractivity contribution in [1.29, 1.82) is 0 Å². The Morgan fingerprint density at radius 3 is 2.74 bits per heavy atom. The van der Waals surface area contributed by atoms with Gasteiger partial charge in [-0.25, -0.2) is 0 Å². The molecule has 0 amide bonds. The van der Waals surface area contributed by atoms with Crippen molar-refractivity contribution in [2.75, 3.05) is 13.6 Å². The van der Waals surface area contributed by atoms with E-state index in [1.54, 1.807) is 20.1 Å². The molecule has 1 aromatic carbocycles. The molecular weight excluding hydrogens is 242 g/mol. The summed E-state index contributed by atoms with van der Waals surface area (Å²) in [5.41, 5.74) is 1.19. The molecule has 0 aliphatic rings. The van der Waals surface area contributed by atoms with Crippen LogP contribution in [0.3, 0.4) is 0 Å². The number of aliphatic carboxylic acids is 1. The van der Waals surface area contributed by atoms with Gasteiger partial charge in [0.15, 0.2) is 0 Å². The summed E-state index contributed by atoms with van der Waals surface area (Å²) >= 11 is 0. The van der Waals surface area contributed by atoms with Gasteiger partial charge in [0, 0.05) is 24.0 Å². The Bertz CT molecular complexity index is 586. The molecule has 1 N–H and O–H groups in total. The van der Waals surface area contributed by atoms with E-state index in [1.165, 1.54) is 0 Å². The van der Waals surface area contributed by atoms with Crippen molar-refractivity contribution in [3.8, 4) is 0 Å². The number of hydrogen-bond acceptors (Lipinski definition) is 3. The average molecular weight is 261 g/mol. The number of benzene rings is 1. The highest BCUT2D eigenvalue weighted by molar-refractivity contribution is 5.80. The van der Waals surface area contributed by atoms with Crippen LogP contribution in [0, 0.1) is 5.41 Å². The lowest BCUT2D eigenvalue weighted by Crippen LogP contribution is -2.36. The van der Waals surface area contributed by atoms with Crippen LogP contribution in [0.25, 0.3) is 11.0 Å². The summed E-state index contributed by atoms with van der Waals surface area (Å²) in [4.78, 5) is 13.1. The highest BCUT2D eigenvalue weighted by Crippen LogP contribution is 2.23. The van der Waals surface area contributed by atoms with Crippen molar-refractivity contribution in [2.24, 2.45) is 5.41 Å². The topological polar surface area (TPSA) is 53.7 Å². The zero-order valence-electron chi connectivity index (χ0n) is 11.5. The van der Waals surface area contributed by atoms with Crippen LogP contribution in [0.5, 0.6) is 0 Å². The van der Waals surface area contributed by atoms with Gasteiger partial charge in [0.1, 0.15) is 5.58 Å². The maximum Gasteiger partial charge on any atom is 0.310 e. The zero-order valence-corrected chi connectivity index (χ0v) is 11.5. The van der Waals surface area contributed by atoms with Gasteiger partial charge < -0.3 is 14.4 Å². The number of rotatable bonds is 5. The van der Waals surface area contributed by atoms with Gasteiger partial charge >= 0.3 is 5.97 Å². The smallest absolute Gasteiger partial charge is 0.310 e. The fraction of sp³-hybridized carbons (Fsp3) is 0.400. The van der Waals surface area contributed by atoms with E-state index in [-0.39, 0.29) is 0 Å². The first-order valence-electron chi connectivity index (χ1n) is 6.27. The molecule has 0 fully saturated rings. The van der Waals surface area contributed by atoms with E-state index in [4.69, 9.17) is 9.52 Å². The Labute approximate surface area is 112 Å². The molecule has 0 radical (unpaired) electrons. The van der Waals surface area contributed by atoms with Crippen LogP contribution in [-0.4, -0.2) is 29.6 Å². The first kappa shape index (κ1) is 13.6. The molecule has 0 aliphatic carbocycles. The SMILES string of the molecule is CN(Cc1coc2ccccc12)CC(C)(C)C(=O)O. The minimum Gasteiger partial charge on any atom is -0.481 e. The number of fused-ring (bicyclic) bond motifs is 1. The maximum atomic E-state index is 11.1. The van der Waals surface area contributed by atoms with Crippen LogP contribution in [-0.2, 0) is 11.3 Å². The number of nitrogens with zero attached hydrogens (tertiary/aromatic N) is 1. The van der Waals surface area contributed by atoms with Crippen LogP contribution in [0.15, 0.2) is 34.9 Å². The lowest BCUT2D eigenvalue weighted by molar-refractivity contribution is -0.147. The number of hydrogen-bond donors (Lipinski definition) is 1. The normalized spacial score (nSPS) is 12.2. The van der Waals surface area contributed by atoms with E-state index in [2.05, 4.69) is 0 Å². The molecule has 0 saturated carbocycles. The van der Waals surface area contributed by atoms with E-state index in [0.29, 0.717) is 13.1 Å². The third-order valence-electron chi connectivity index (χ3n) is 3.25. The van der Waals surface area contributed by atoms with E-state index in [1.807, 2.05) is 36.2 Å². The molecule has 2 rings (SSSR count). The molecule has 0 saturated heterocycles. The molecule has 0 bridgehead atoms. The van der Waals surface area contributed by atoms with Gasteiger partial charge in [-0.3, -0.25) is 4.79 Å². The predicted molar refractivity (Wildman–Crippen MR) is 74.0 cm³/mol. The summed E-state index contributed by atoms with van der Waals surface area (Å²) in [6, 6.07) is 7.86. The summed E-state index contributed by atoms with van der Waals surface area (Å²) in [5.74, 6) is -0.781. The van der Waals surface area contributed by atoms with Gasteiger partial charge in [0.05, 0.1) is 11.7 Å². The van der Waals surface area contributed by atoms with Gasteiger partial charge in [-0.2, -0.15) is 0 Å². The van der Waals surface area contributed by atoms with Crippen molar-refractivity contribution >= 4 is 16.9 Å². The van der Waals surface area contributed by atoms with Gasteiger partial charge in [-0.15, -0.1) is 0 Å². The molecule has 0 spiro atoms. The van der Waals surface area contributed by atoms with Crippen LogP contribution in [0.1, 0.15) is 19.4 Å². The predicted octanol–water partition coefficient (Wildman–Crippen LogP) is 2.98. The van der Waals surface area contributed by atoms with E-state index in [9.17, 15) is 4.79 Å². The fourth-order valence-electron chi connectivity index (χ4n) is 2.24. The number of carbonyl (C=O) groups is 1. The summed E-state index contributed by atoms with van der Waals surface area (Å²) in [6.45, 7) is 4.63. The highest BCUT2D eigenvalue weighted by atomic mass is 16.4. The Hall–Kier alpha value is -1.81. The Morgan fingerprint density at radius 1 is 1.37 bits per heavy atom. The van der Waals surface area contributed by atoms with Crippen molar-refractivity contribution in [2.45, 2.75) is 20.4 Å². The van der Waals surface area contributed by atoms with E-state index < -0.39 is 11.4 Å². The van der Waals surface area contributed by atoms with Crippen LogP contribution in [0.2, 0.25) is 0 Å². The first-order chi connectivity index (χ1) is 8.90. The molecule has 0 atom stereocenters. The average Bonchev–Trinajstić information content (AvgIpc) is 2.72. The molecule has 19 heavy (non-hydrogen) atoms. The number of furan rings is 1. The quantitative estimate of drug-likeness (QED) is 0.899. The number of carboxylic acids is 1. The molecule has 0 aliphatic heterocycles. The monoisotopic (exact) mass is 261 g/mol. The third-order valence-corrected chi connectivity index (χ3v) is 3.25. The molecule has 4 heteroatoms. The fourth-order valence-corrected chi connectivity index (χ4v) is 2.24. The lowest BCUT2D eigenvalue weighted by atomic mass is 9.93. The van der Waals surface area contributed by atoms with Gasteiger partial charge in [0.2, 0.25) is 0 Å². The molecule has 0 unspecified atom stereocenters. The standard InChI is InChI=1S/C15H19NO3/c1-15(2,14(17)18)10-16(3)8-11-9-19-13-7-5-4-6-12(11)13/h4-7,9H,8,10H2,1-3H3,(H,17,18). The summed E-state index contributed by atoms with van der Waals surface area (Å²) in [6.07, 6.45) is 1.74. The molecule has 1 aromatic heterocycles. The maximum absolute atomic E-state index is 11.1. The number of para-hydroxylation sites is 1. The second kappa shape index (κ2) is 5.05. The Kier molecular flexibility index (Phi) is 3.62. The van der Waals surface area contributed by atoms with Gasteiger partial charge in [-0.1, -0.05) is 18.2 Å². The summed E-state index contributed by atoms with van der Waals surface area (Å²) in [7, 11) is 1.92. The van der Waals surface area contributed by atoms with Crippen molar-refractivity contribution in [3.05, 3.63) is 36.1 Å². The van der Waals surface area contributed by atoms with Crippen LogP contribution < -0.4 is 0 Å². The van der Waals surface area contributed by atoms with E-state index >= 15 is 0 Å². The Balaban J connectivity index is 2.11. The van der Waals surface area contributed by atoms with Crippen LogP contribution >= 0.6 is 0 Å². The molecule has 1 heterocycles. The zero-order chi connectivity index (χ0) is 14.0. The highest BCUT2D eigenvalue weighted by Gasteiger charge is 2.28. The van der Waals surface area contributed by atoms with Crippen molar-refractivity contribution in [3.63, 3.8) is 0 Å². The summed E-state index contributed by atoms with van der Waals surface area (Å²) in [5, 5.41) is 10.2. The summed E-state index contributed by atoms with van der Waals surface area (Å²) < 4.78 is 5.48. The second-order valence-electron chi connectivity index (χ2n) is 5.62. The lowest BCUT2D eigenvalue weighted by Gasteiger charge is -2.26. The van der Waals surface area contributed by atoms with Gasteiger partial charge in [-0.05, 0) is 27.0 Å². The van der Waals surface area contributed by atoms with Crippen molar-refractivity contribution < 1.29 is 14.3 Å². The first-order valence-corrected chi connectivity index (χ1v) is 6.27. The molecule has 2 aromatic rings. The van der Waals surface area contributed by atoms with E-state index in [0.717, 1.165) is 16.5 Å². The molecule has 102 valence electrons. The minimum atomic E-state index is -0.781. The number of carboxylic acid groups (broad SMARTS) is 1. The second-order valence-corrected chi connectivity index (χ2v) is 5.62. The third kappa shape index (κ3) is 2.96. The minimum absolute atomic E-state index is 0.488. The van der Waals surface area contributed by atoms with Crippen molar-refractivity contribution in [1.82, 2.24) is 4.90 Å². The largest absolute Gasteiger partial charge is 0.481 e. The molecule has 4 nitrogen and oxygen atoms in total. The molecular formula is C15H19NO3.